The molecule has 2 heterocycles. The minimum absolute atomic E-state index is 0.324. The van der Waals surface area contributed by atoms with Crippen LogP contribution in [0.2, 0.25) is 0 Å². The fourth-order valence-corrected chi connectivity index (χ4v) is 3.78. The van der Waals surface area contributed by atoms with E-state index in [0.717, 1.165) is 28.6 Å². The molecule has 4 nitrogen and oxygen atoms in total. The van der Waals surface area contributed by atoms with Crippen LogP contribution in [0.4, 0.5) is 0 Å². The van der Waals surface area contributed by atoms with Crippen molar-refractivity contribution in [3.05, 3.63) is 52.3 Å². The Morgan fingerprint density at radius 2 is 1.95 bits per heavy atom. The highest BCUT2D eigenvalue weighted by atomic mass is 79.9. The van der Waals surface area contributed by atoms with Gasteiger partial charge in [-0.1, -0.05) is 30.3 Å². The van der Waals surface area contributed by atoms with Crippen LogP contribution in [0.25, 0.3) is 0 Å². The van der Waals surface area contributed by atoms with Crippen LogP contribution in [0.1, 0.15) is 30.2 Å². The number of hydrogen-bond donors (Lipinski definition) is 1. The molecular formula is C16H19BrN2O2. The minimum Gasteiger partial charge on any atom is -0.386 e. The summed E-state index contributed by atoms with van der Waals surface area (Å²) in [5.74, 6) is 0. The molecule has 2 aromatic rings. The summed E-state index contributed by atoms with van der Waals surface area (Å²) in [5, 5.41) is 15.4. The molecule has 1 aliphatic rings. The Bertz CT molecular complexity index is 586. The normalized spacial score (nSPS) is 19.4. The Kier molecular flexibility index (Phi) is 4.15. The van der Waals surface area contributed by atoms with E-state index in [0.29, 0.717) is 13.2 Å². The highest BCUT2D eigenvalue weighted by Crippen LogP contribution is 2.46. The van der Waals surface area contributed by atoms with E-state index in [4.69, 9.17) is 4.74 Å². The standard InChI is InChI=1S/C16H19BrN2O2/c1-19-14(13(17)11-18-19)15(20)16(7-9-21-10-8-16)12-5-3-2-4-6-12/h2-6,11,15,20H,7-10H2,1H3. The van der Waals surface area contributed by atoms with Gasteiger partial charge in [-0.15, -0.1) is 0 Å². The smallest absolute Gasteiger partial charge is 0.107 e. The van der Waals surface area contributed by atoms with Gasteiger partial charge in [-0.25, -0.2) is 0 Å². The second kappa shape index (κ2) is 5.91. The molecule has 0 spiro atoms. The van der Waals surface area contributed by atoms with Gasteiger partial charge >= 0.3 is 0 Å². The zero-order valence-corrected chi connectivity index (χ0v) is 13.6. The molecule has 1 unspecified atom stereocenters. The Hall–Kier alpha value is -1.17. The van der Waals surface area contributed by atoms with Crippen molar-refractivity contribution >= 4 is 15.9 Å². The molecule has 0 amide bonds. The van der Waals surface area contributed by atoms with E-state index in [-0.39, 0.29) is 5.41 Å². The van der Waals surface area contributed by atoms with Gasteiger partial charge in [0.05, 0.1) is 16.4 Å². The largest absolute Gasteiger partial charge is 0.386 e. The van der Waals surface area contributed by atoms with Crippen LogP contribution in [-0.4, -0.2) is 28.1 Å². The maximum absolute atomic E-state index is 11.2. The van der Waals surface area contributed by atoms with Crippen LogP contribution in [0.3, 0.4) is 0 Å². The van der Waals surface area contributed by atoms with Crippen LogP contribution in [0.5, 0.6) is 0 Å². The summed E-state index contributed by atoms with van der Waals surface area (Å²) in [4.78, 5) is 0. The number of halogens is 1. The molecule has 1 aliphatic heterocycles. The molecular weight excluding hydrogens is 332 g/mol. The van der Waals surface area contributed by atoms with Crippen molar-refractivity contribution in [2.24, 2.45) is 7.05 Å². The average molecular weight is 351 g/mol. The summed E-state index contributed by atoms with van der Waals surface area (Å²) in [6.07, 6.45) is 2.72. The van der Waals surface area contributed by atoms with Crippen molar-refractivity contribution in [2.75, 3.05) is 13.2 Å². The van der Waals surface area contributed by atoms with E-state index in [2.05, 4.69) is 33.2 Å². The van der Waals surface area contributed by atoms with Gasteiger partial charge in [0.1, 0.15) is 6.10 Å². The summed E-state index contributed by atoms with van der Waals surface area (Å²) in [6, 6.07) is 10.2. The lowest BCUT2D eigenvalue weighted by Gasteiger charge is -2.41. The predicted octanol–water partition coefficient (Wildman–Crippen LogP) is 2.96. The molecule has 1 atom stereocenters. The third-order valence-electron chi connectivity index (χ3n) is 4.45. The van der Waals surface area contributed by atoms with Crippen LogP contribution < -0.4 is 0 Å². The average Bonchev–Trinajstić information content (AvgIpc) is 2.87. The van der Waals surface area contributed by atoms with Crippen molar-refractivity contribution in [2.45, 2.75) is 24.4 Å². The third kappa shape index (κ3) is 2.54. The Morgan fingerprint density at radius 1 is 1.29 bits per heavy atom. The van der Waals surface area contributed by atoms with Crippen molar-refractivity contribution in [1.29, 1.82) is 0 Å². The quantitative estimate of drug-likeness (QED) is 0.925. The van der Waals surface area contributed by atoms with Gasteiger partial charge in [0.2, 0.25) is 0 Å². The van der Waals surface area contributed by atoms with Crippen LogP contribution in [0, 0.1) is 0 Å². The van der Waals surface area contributed by atoms with E-state index < -0.39 is 6.10 Å². The highest BCUT2D eigenvalue weighted by molar-refractivity contribution is 9.10. The summed E-state index contributed by atoms with van der Waals surface area (Å²) in [6.45, 7) is 1.34. The van der Waals surface area contributed by atoms with Crippen molar-refractivity contribution < 1.29 is 9.84 Å². The third-order valence-corrected chi connectivity index (χ3v) is 5.06. The monoisotopic (exact) mass is 350 g/mol. The second-order valence-electron chi connectivity index (χ2n) is 5.54. The highest BCUT2D eigenvalue weighted by Gasteiger charge is 2.43. The van der Waals surface area contributed by atoms with Gasteiger partial charge in [0, 0.05) is 25.7 Å². The van der Waals surface area contributed by atoms with E-state index in [1.807, 2.05) is 25.2 Å². The van der Waals surface area contributed by atoms with Gasteiger partial charge in [-0.3, -0.25) is 4.68 Å². The van der Waals surface area contributed by atoms with Crippen molar-refractivity contribution in [3.8, 4) is 0 Å². The summed E-state index contributed by atoms with van der Waals surface area (Å²) >= 11 is 3.51. The molecule has 1 fully saturated rings. The number of aromatic nitrogens is 2. The maximum Gasteiger partial charge on any atom is 0.107 e. The first-order chi connectivity index (χ1) is 10.1. The molecule has 0 bridgehead atoms. The molecule has 112 valence electrons. The van der Waals surface area contributed by atoms with Gasteiger partial charge in [-0.2, -0.15) is 5.10 Å². The lowest BCUT2D eigenvalue weighted by molar-refractivity contribution is -0.0203. The van der Waals surface area contributed by atoms with Crippen LogP contribution in [0.15, 0.2) is 41.0 Å². The topological polar surface area (TPSA) is 47.3 Å². The number of aliphatic hydroxyl groups excluding tert-OH is 1. The Morgan fingerprint density at radius 3 is 2.52 bits per heavy atom. The van der Waals surface area contributed by atoms with Gasteiger partial charge in [0.15, 0.2) is 0 Å². The molecule has 5 heteroatoms. The van der Waals surface area contributed by atoms with E-state index in [1.54, 1.807) is 10.9 Å². The van der Waals surface area contributed by atoms with Crippen LogP contribution >= 0.6 is 15.9 Å². The molecule has 0 saturated carbocycles. The van der Waals surface area contributed by atoms with Crippen LogP contribution in [-0.2, 0) is 17.2 Å². The number of hydrogen-bond acceptors (Lipinski definition) is 3. The SMILES string of the molecule is Cn1ncc(Br)c1C(O)C1(c2ccccc2)CCOCC1. The Balaban J connectivity index is 2.08. The predicted molar refractivity (Wildman–Crippen MR) is 84.0 cm³/mol. The van der Waals surface area contributed by atoms with Gasteiger partial charge in [-0.05, 0) is 34.3 Å². The molecule has 0 radical (unpaired) electrons. The molecule has 3 rings (SSSR count). The first-order valence-corrected chi connectivity index (χ1v) is 7.93. The fraction of sp³-hybridized carbons (Fsp3) is 0.438. The molecule has 21 heavy (non-hydrogen) atoms. The summed E-state index contributed by atoms with van der Waals surface area (Å²) < 4.78 is 8.12. The first-order valence-electron chi connectivity index (χ1n) is 7.14. The lowest BCUT2D eigenvalue weighted by Crippen LogP contribution is -2.40. The Labute approximate surface area is 132 Å². The zero-order valence-electron chi connectivity index (χ0n) is 12.0. The lowest BCUT2D eigenvalue weighted by atomic mass is 9.69. The molecule has 1 N–H and O–H groups in total. The van der Waals surface area contributed by atoms with E-state index in [9.17, 15) is 5.11 Å². The number of aryl methyl sites for hydroxylation is 1. The summed E-state index contributed by atoms with van der Waals surface area (Å²) in [7, 11) is 1.86. The van der Waals surface area contributed by atoms with E-state index >= 15 is 0 Å². The number of aliphatic hydroxyl groups is 1. The number of rotatable bonds is 3. The summed E-state index contributed by atoms with van der Waals surface area (Å²) in [5.41, 5.74) is 1.66. The van der Waals surface area contributed by atoms with Crippen molar-refractivity contribution in [1.82, 2.24) is 9.78 Å². The van der Waals surface area contributed by atoms with Crippen molar-refractivity contribution in [3.63, 3.8) is 0 Å². The van der Waals surface area contributed by atoms with E-state index in [1.165, 1.54) is 0 Å². The number of ether oxygens (including phenoxy) is 1. The van der Waals surface area contributed by atoms with Gasteiger partial charge in [0.25, 0.3) is 0 Å². The first kappa shape index (κ1) is 14.8. The zero-order chi connectivity index (χ0) is 14.9. The molecule has 1 saturated heterocycles. The molecule has 1 aromatic heterocycles. The molecule has 0 aliphatic carbocycles. The van der Waals surface area contributed by atoms with Gasteiger partial charge < -0.3 is 9.84 Å². The molecule has 1 aromatic carbocycles. The number of nitrogens with zero attached hydrogens (tertiary/aromatic N) is 2. The fourth-order valence-electron chi connectivity index (χ4n) is 3.22. The minimum atomic E-state index is -0.620. The second-order valence-corrected chi connectivity index (χ2v) is 6.39. The maximum atomic E-state index is 11.2. The number of benzene rings is 1.